The summed E-state index contributed by atoms with van der Waals surface area (Å²) in [6.07, 6.45) is -0.199. The van der Waals surface area contributed by atoms with Crippen molar-refractivity contribution < 1.29 is 52.4 Å². The molecule has 1 aromatic heterocycles. The molecular formula is C32H40N2O11. The highest BCUT2D eigenvalue weighted by molar-refractivity contribution is 5.98. The minimum absolute atomic E-state index is 0.115. The van der Waals surface area contributed by atoms with E-state index in [9.17, 15) is 24.0 Å². The Morgan fingerprint density at radius 2 is 1.69 bits per heavy atom. The number of amides is 1. The number of hydrogen-bond acceptors (Lipinski definition) is 12. The van der Waals surface area contributed by atoms with Crippen molar-refractivity contribution in [3.8, 4) is 11.5 Å². The number of carbonyl (C=O) groups excluding carboxylic acids is 5. The second kappa shape index (κ2) is 16.4. The fraction of sp³-hybridized carbons (Fsp3) is 0.500. The molecule has 1 N–H and O–H groups in total. The predicted molar refractivity (Wildman–Crippen MR) is 158 cm³/mol. The number of aromatic nitrogens is 1. The summed E-state index contributed by atoms with van der Waals surface area (Å²) in [4.78, 5) is 68.6. The number of rotatable bonds is 12. The molecule has 244 valence electrons. The smallest absolute Gasteiger partial charge is 0.332 e. The first-order chi connectivity index (χ1) is 21.4. The van der Waals surface area contributed by atoms with Crippen LogP contribution < -0.4 is 14.8 Å². The first kappa shape index (κ1) is 34.8. The zero-order chi connectivity index (χ0) is 33.1. The van der Waals surface area contributed by atoms with Crippen LogP contribution in [-0.4, -0.2) is 73.5 Å². The van der Waals surface area contributed by atoms with Crippen molar-refractivity contribution in [1.29, 1.82) is 0 Å². The molecule has 1 fully saturated rings. The van der Waals surface area contributed by atoms with Crippen LogP contribution >= 0.6 is 0 Å². The minimum Gasteiger partial charge on any atom is -0.493 e. The predicted octanol–water partition coefficient (Wildman–Crippen LogP) is 3.03. The van der Waals surface area contributed by atoms with Gasteiger partial charge < -0.3 is 33.7 Å². The zero-order valence-corrected chi connectivity index (χ0v) is 26.3. The van der Waals surface area contributed by atoms with E-state index in [2.05, 4.69) is 10.3 Å². The van der Waals surface area contributed by atoms with E-state index >= 15 is 0 Å². The highest BCUT2D eigenvalue weighted by Gasteiger charge is 2.42. The Balaban J connectivity index is 1.83. The Hall–Kier alpha value is -4.68. The van der Waals surface area contributed by atoms with Crippen molar-refractivity contribution >= 4 is 29.8 Å². The summed E-state index contributed by atoms with van der Waals surface area (Å²) in [6, 6.07) is 9.42. The van der Waals surface area contributed by atoms with Crippen LogP contribution in [0, 0.1) is 17.8 Å². The summed E-state index contributed by atoms with van der Waals surface area (Å²) < 4.78 is 32.7. The van der Waals surface area contributed by atoms with E-state index in [1.165, 1.54) is 26.3 Å². The van der Waals surface area contributed by atoms with E-state index in [-0.39, 0.29) is 23.6 Å². The molecule has 1 aliphatic heterocycles. The number of aryl methyl sites for hydroxylation is 1. The van der Waals surface area contributed by atoms with E-state index in [1.54, 1.807) is 27.7 Å². The Bertz CT molecular complexity index is 1350. The van der Waals surface area contributed by atoms with E-state index < -0.39 is 79.2 Å². The van der Waals surface area contributed by atoms with Gasteiger partial charge in [-0.25, -0.2) is 9.78 Å². The third-order valence-corrected chi connectivity index (χ3v) is 6.94. The number of cyclic esters (lactones) is 2. The number of esters is 4. The number of nitrogens with zero attached hydrogens (tertiary/aromatic N) is 1. The van der Waals surface area contributed by atoms with E-state index in [4.69, 9.17) is 28.4 Å². The van der Waals surface area contributed by atoms with Gasteiger partial charge in [-0.05, 0) is 25.3 Å². The maximum atomic E-state index is 13.4. The molecule has 3 rings (SSSR count). The Labute approximate surface area is 261 Å². The molecule has 0 aliphatic carbocycles. The standard InChI is InChI=1S/C32H40N2O11/c1-18(2)29(36)43-17-42-27-24(40-6)14-15-33-25(27)28(35)34-23-16-41-31(38)22(13-12-21-10-8-7-9-11-21)26(20(5)44-32(23)39)45-30(37)19(3)4/h7-11,14-15,18-20,22-23,26H,12-13,16-17H2,1-6H3,(H,34,35)/t20-,22+,23?,26-/m0/s1. The molecule has 2 aromatic rings. The number of hydrogen-bond donors (Lipinski definition) is 1. The van der Waals surface area contributed by atoms with Gasteiger partial charge in [0.2, 0.25) is 6.79 Å². The lowest BCUT2D eigenvalue weighted by Crippen LogP contribution is -2.47. The molecule has 0 bridgehead atoms. The Morgan fingerprint density at radius 1 is 1.00 bits per heavy atom. The molecule has 1 saturated heterocycles. The number of ether oxygens (including phenoxy) is 6. The Morgan fingerprint density at radius 3 is 2.33 bits per heavy atom. The van der Waals surface area contributed by atoms with Crippen LogP contribution in [-0.2, 0) is 44.5 Å². The number of pyridine rings is 1. The van der Waals surface area contributed by atoms with E-state index in [0.717, 1.165) is 5.56 Å². The van der Waals surface area contributed by atoms with Gasteiger partial charge in [0.15, 0.2) is 29.3 Å². The normalized spacial score (nSPS) is 20.2. The van der Waals surface area contributed by atoms with Crippen LogP contribution in [0.15, 0.2) is 42.6 Å². The van der Waals surface area contributed by atoms with Crippen LogP contribution in [0.2, 0.25) is 0 Å². The van der Waals surface area contributed by atoms with Gasteiger partial charge in [-0.3, -0.25) is 19.2 Å². The second-order valence-corrected chi connectivity index (χ2v) is 11.1. The minimum atomic E-state index is -1.45. The molecule has 13 nitrogen and oxygen atoms in total. The maximum Gasteiger partial charge on any atom is 0.332 e. The van der Waals surface area contributed by atoms with Crippen molar-refractivity contribution in [3.63, 3.8) is 0 Å². The summed E-state index contributed by atoms with van der Waals surface area (Å²) in [7, 11) is 1.34. The molecule has 2 heterocycles. The monoisotopic (exact) mass is 628 g/mol. The maximum absolute atomic E-state index is 13.4. The van der Waals surface area contributed by atoms with E-state index in [0.29, 0.717) is 6.42 Å². The van der Waals surface area contributed by atoms with Crippen LogP contribution in [0.3, 0.4) is 0 Å². The van der Waals surface area contributed by atoms with Gasteiger partial charge in [-0.2, -0.15) is 0 Å². The molecular weight excluding hydrogens is 588 g/mol. The highest BCUT2D eigenvalue weighted by Crippen LogP contribution is 2.30. The topological polar surface area (TPSA) is 166 Å². The van der Waals surface area contributed by atoms with Gasteiger partial charge in [0.25, 0.3) is 5.91 Å². The largest absolute Gasteiger partial charge is 0.493 e. The average Bonchev–Trinajstić information content (AvgIpc) is 3.05. The summed E-state index contributed by atoms with van der Waals surface area (Å²) in [5.74, 6) is -5.50. The fourth-order valence-electron chi connectivity index (χ4n) is 4.36. The lowest BCUT2D eigenvalue weighted by molar-refractivity contribution is -0.176. The van der Waals surface area contributed by atoms with Gasteiger partial charge in [0.05, 0.1) is 24.9 Å². The van der Waals surface area contributed by atoms with Gasteiger partial charge in [-0.1, -0.05) is 58.0 Å². The zero-order valence-electron chi connectivity index (χ0n) is 26.3. The van der Waals surface area contributed by atoms with Gasteiger partial charge >= 0.3 is 23.9 Å². The third kappa shape index (κ3) is 9.65. The number of carbonyl (C=O) groups is 5. The van der Waals surface area contributed by atoms with Crippen molar-refractivity contribution in [3.05, 3.63) is 53.9 Å². The van der Waals surface area contributed by atoms with Gasteiger partial charge in [-0.15, -0.1) is 0 Å². The van der Waals surface area contributed by atoms with Crippen LogP contribution in [0.4, 0.5) is 0 Å². The number of methoxy groups -OCH3 is 1. The molecule has 13 heteroatoms. The molecule has 45 heavy (non-hydrogen) atoms. The summed E-state index contributed by atoms with van der Waals surface area (Å²) >= 11 is 0. The molecule has 1 unspecified atom stereocenters. The molecule has 1 amide bonds. The number of nitrogens with one attached hydrogen (secondary N) is 1. The molecule has 1 aromatic carbocycles. The van der Waals surface area contributed by atoms with Gasteiger partial charge in [0.1, 0.15) is 12.7 Å². The van der Waals surface area contributed by atoms with Crippen molar-refractivity contribution in [2.75, 3.05) is 20.5 Å². The number of benzene rings is 1. The van der Waals surface area contributed by atoms with Crippen LogP contribution in [0.25, 0.3) is 0 Å². The van der Waals surface area contributed by atoms with Crippen molar-refractivity contribution in [2.45, 2.75) is 65.7 Å². The quantitative estimate of drug-likeness (QED) is 0.208. The summed E-state index contributed by atoms with van der Waals surface area (Å²) in [6.45, 7) is 7.02. The van der Waals surface area contributed by atoms with Crippen molar-refractivity contribution in [1.82, 2.24) is 10.3 Å². The van der Waals surface area contributed by atoms with Gasteiger partial charge in [0, 0.05) is 12.3 Å². The fourth-order valence-corrected chi connectivity index (χ4v) is 4.36. The van der Waals surface area contributed by atoms with E-state index in [1.807, 2.05) is 30.3 Å². The molecule has 0 radical (unpaired) electrons. The average molecular weight is 629 g/mol. The van der Waals surface area contributed by atoms with Crippen LogP contribution in [0.1, 0.15) is 57.1 Å². The Kier molecular flexibility index (Phi) is 12.7. The molecule has 0 spiro atoms. The summed E-state index contributed by atoms with van der Waals surface area (Å²) in [5.41, 5.74) is 0.670. The van der Waals surface area contributed by atoms with Crippen LogP contribution in [0.5, 0.6) is 11.5 Å². The highest BCUT2D eigenvalue weighted by atomic mass is 16.7. The molecule has 0 saturated carbocycles. The molecule has 4 atom stereocenters. The van der Waals surface area contributed by atoms with Crippen molar-refractivity contribution in [2.24, 2.45) is 17.8 Å². The first-order valence-electron chi connectivity index (χ1n) is 14.7. The second-order valence-electron chi connectivity index (χ2n) is 11.1. The lowest BCUT2D eigenvalue weighted by atomic mass is 9.91. The summed E-state index contributed by atoms with van der Waals surface area (Å²) in [5, 5.41) is 2.47. The first-order valence-corrected chi connectivity index (χ1v) is 14.7. The SMILES string of the molecule is COc1ccnc(C(=O)NC2COC(=O)[C@H](CCc3ccccc3)[C@@H](OC(=O)C(C)C)[C@H](C)OC2=O)c1OCOC(=O)C(C)C. The lowest BCUT2D eigenvalue weighted by Gasteiger charge is -2.29. The third-order valence-electron chi connectivity index (χ3n) is 6.94. The molecule has 1 aliphatic rings.